The molecule has 0 aliphatic carbocycles. The minimum atomic E-state index is -0.741. The van der Waals surface area contributed by atoms with Crippen LogP contribution in [0.3, 0.4) is 0 Å². The fourth-order valence-electron chi connectivity index (χ4n) is 1.49. The van der Waals surface area contributed by atoms with Gasteiger partial charge in [-0.05, 0) is 12.0 Å². The van der Waals surface area contributed by atoms with E-state index in [-0.39, 0.29) is 6.61 Å². The van der Waals surface area contributed by atoms with Crippen molar-refractivity contribution in [1.82, 2.24) is 0 Å². The molecule has 0 aliphatic heterocycles. The van der Waals surface area contributed by atoms with Crippen molar-refractivity contribution < 1.29 is 19.0 Å². The SMILES string of the molecule is COCCCOCCOC(=O)C(N)c1ccccc1. The molecule has 0 amide bonds. The van der Waals surface area contributed by atoms with Crippen LogP contribution in [0.5, 0.6) is 0 Å². The van der Waals surface area contributed by atoms with Gasteiger partial charge >= 0.3 is 5.97 Å². The lowest BCUT2D eigenvalue weighted by Crippen LogP contribution is -2.25. The van der Waals surface area contributed by atoms with Gasteiger partial charge in [0.1, 0.15) is 12.6 Å². The molecule has 1 rings (SSSR count). The minimum absolute atomic E-state index is 0.215. The molecule has 19 heavy (non-hydrogen) atoms. The highest BCUT2D eigenvalue weighted by Crippen LogP contribution is 2.10. The van der Waals surface area contributed by atoms with Crippen LogP contribution in [0.4, 0.5) is 0 Å². The lowest BCUT2D eigenvalue weighted by atomic mass is 10.1. The van der Waals surface area contributed by atoms with Crippen LogP contribution >= 0.6 is 0 Å². The van der Waals surface area contributed by atoms with Gasteiger partial charge in [-0.25, -0.2) is 4.79 Å². The molecule has 1 aromatic rings. The van der Waals surface area contributed by atoms with E-state index in [9.17, 15) is 4.79 Å². The van der Waals surface area contributed by atoms with Crippen molar-refractivity contribution in [3.05, 3.63) is 35.9 Å². The molecule has 0 saturated heterocycles. The Kier molecular flexibility index (Phi) is 7.81. The van der Waals surface area contributed by atoms with E-state index in [2.05, 4.69) is 0 Å². The van der Waals surface area contributed by atoms with E-state index >= 15 is 0 Å². The molecular weight excluding hydrogens is 246 g/mol. The molecule has 0 aliphatic rings. The van der Waals surface area contributed by atoms with Gasteiger partial charge in [-0.3, -0.25) is 0 Å². The van der Waals surface area contributed by atoms with Gasteiger partial charge in [-0.2, -0.15) is 0 Å². The van der Waals surface area contributed by atoms with Gasteiger partial charge in [0.2, 0.25) is 0 Å². The first kappa shape index (κ1) is 15.6. The van der Waals surface area contributed by atoms with Crippen LogP contribution in [0.2, 0.25) is 0 Å². The van der Waals surface area contributed by atoms with E-state index in [4.69, 9.17) is 19.9 Å². The van der Waals surface area contributed by atoms with Crippen molar-refractivity contribution in [3.8, 4) is 0 Å². The highest BCUT2D eigenvalue weighted by atomic mass is 16.6. The van der Waals surface area contributed by atoms with E-state index < -0.39 is 12.0 Å². The number of ether oxygens (including phenoxy) is 3. The van der Waals surface area contributed by atoms with E-state index in [0.717, 1.165) is 12.0 Å². The van der Waals surface area contributed by atoms with Crippen molar-refractivity contribution in [1.29, 1.82) is 0 Å². The zero-order valence-corrected chi connectivity index (χ0v) is 11.2. The average Bonchev–Trinajstić information content (AvgIpc) is 2.46. The average molecular weight is 267 g/mol. The highest BCUT2D eigenvalue weighted by molar-refractivity contribution is 5.77. The smallest absolute Gasteiger partial charge is 0.327 e. The Hall–Kier alpha value is -1.43. The standard InChI is InChI=1S/C14H21NO4/c1-17-8-5-9-18-10-11-19-14(16)13(15)12-6-3-2-4-7-12/h2-4,6-7,13H,5,8-11,15H2,1H3. The van der Waals surface area contributed by atoms with E-state index in [1.807, 2.05) is 18.2 Å². The molecule has 106 valence electrons. The maximum absolute atomic E-state index is 11.7. The Morgan fingerprint density at radius 2 is 1.89 bits per heavy atom. The number of nitrogens with two attached hydrogens (primary N) is 1. The van der Waals surface area contributed by atoms with Crippen molar-refractivity contribution in [2.24, 2.45) is 5.73 Å². The molecule has 0 radical (unpaired) electrons. The van der Waals surface area contributed by atoms with Crippen molar-refractivity contribution >= 4 is 5.97 Å². The molecule has 0 fully saturated rings. The molecule has 2 N–H and O–H groups in total. The summed E-state index contributed by atoms with van der Waals surface area (Å²) < 4.78 is 15.2. The van der Waals surface area contributed by atoms with Gasteiger partial charge in [0.05, 0.1) is 6.61 Å². The van der Waals surface area contributed by atoms with Crippen molar-refractivity contribution in [3.63, 3.8) is 0 Å². The van der Waals surface area contributed by atoms with Gasteiger partial charge in [-0.15, -0.1) is 0 Å². The molecule has 0 heterocycles. The first-order chi connectivity index (χ1) is 9.25. The van der Waals surface area contributed by atoms with Gasteiger partial charge < -0.3 is 19.9 Å². The summed E-state index contributed by atoms with van der Waals surface area (Å²) >= 11 is 0. The Morgan fingerprint density at radius 1 is 1.16 bits per heavy atom. The van der Waals surface area contributed by atoms with Gasteiger partial charge in [0, 0.05) is 20.3 Å². The summed E-state index contributed by atoms with van der Waals surface area (Å²) in [7, 11) is 1.65. The highest BCUT2D eigenvalue weighted by Gasteiger charge is 2.16. The van der Waals surface area contributed by atoms with Crippen LogP contribution in [0.15, 0.2) is 30.3 Å². The molecule has 5 heteroatoms. The maximum Gasteiger partial charge on any atom is 0.327 e. The lowest BCUT2D eigenvalue weighted by molar-refractivity contribution is -0.147. The Balaban J connectivity index is 2.14. The molecule has 5 nitrogen and oxygen atoms in total. The Morgan fingerprint density at radius 3 is 2.58 bits per heavy atom. The lowest BCUT2D eigenvalue weighted by Gasteiger charge is -2.11. The van der Waals surface area contributed by atoms with Crippen LogP contribution in [-0.2, 0) is 19.0 Å². The first-order valence-electron chi connectivity index (χ1n) is 6.29. The summed E-state index contributed by atoms with van der Waals surface area (Å²) in [5, 5.41) is 0. The number of esters is 1. The van der Waals surface area contributed by atoms with Crippen LogP contribution < -0.4 is 5.73 Å². The third-order valence-corrected chi connectivity index (χ3v) is 2.52. The largest absolute Gasteiger partial charge is 0.462 e. The van der Waals surface area contributed by atoms with Crippen LogP contribution in [0.25, 0.3) is 0 Å². The Labute approximate surface area is 113 Å². The molecule has 1 aromatic carbocycles. The number of carbonyl (C=O) groups is 1. The zero-order valence-electron chi connectivity index (χ0n) is 11.2. The van der Waals surface area contributed by atoms with Crippen LogP contribution in [0.1, 0.15) is 18.0 Å². The molecule has 1 unspecified atom stereocenters. The van der Waals surface area contributed by atoms with Gasteiger partial charge in [0.15, 0.2) is 0 Å². The second-order valence-corrected chi connectivity index (χ2v) is 4.01. The predicted octanol–water partition coefficient (Wildman–Crippen LogP) is 1.28. The molecule has 0 aromatic heterocycles. The zero-order chi connectivity index (χ0) is 13.9. The van der Waals surface area contributed by atoms with Gasteiger partial charge in [0.25, 0.3) is 0 Å². The van der Waals surface area contributed by atoms with Gasteiger partial charge in [-0.1, -0.05) is 30.3 Å². The van der Waals surface area contributed by atoms with Crippen molar-refractivity contribution in [2.45, 2.75) is 12.5 Å². The van der Waals surface area contributed by atoms with E-state index in [0.29, 0.717) is 19.8 Å². The topological polar surface area (TPSA) is 70.8 Å². The monoisotopic (exact) mass is 267 g/mol. The Bertz CT molecular complexity index is 356. The third kappa shape index (κ3) is 6.33. The minimum Gasteiger partial charge on any atom is -0.462 e. The van der Waals surface area contributed by atoms with Crippen molar-refractivity contribution in [2.75, 3.05) is 33.5 Å². The molecule has 0 bridgehead atoms. The van der Waals surface area contributed by atoms with Crippen LogP contribution in [-0.4, -0.2) is 39.5 Å². The number of benzene rings is 1. The molecular formula is C14H21NO4. The number of hydrogen-bond donors (Lipinski definition) is 1. The third-order valence-electron chi connectivity index (χ3n) is 2.52. The number of methoxy groups -OCH3 is 1. The molecule has 0 saturated carbocycles. The fraction of sp³-hybridized carbons (Fsp3) is 0.500. The summed E-state index contributed by atoms with van der Waals surface area (Å²) in [6.07, 6.45) is 0.827. The fourth-order valence-corrected chi connectivity index (χ4v) is 1.49. The first-order valence-corrected chi connectivity index (χ1v) is 6.29. The van der Waals surface area contributed by atoms with E-state index in [1.165, 1.54) is 0 Å². The molecule has 1 atom stereocenters. The van der Waals surface area contributed by atoms with Crippen LogP contribution in [0, 0.1) is 0 Å². The summed E-state index contributed by atoms with van der Waals surface area (Å²) in [5.74, 6) is -0.438. The number of hydrogen-bond acceptors (Lipinski definition) is 5. The summed E-state index contributed by atoms with van der Waals surface area (Å²) in [4.78, 5) is 11.7. The van der Waals surface area contributed by atoms with E-state index in [1.54, 1.807) is 19.2 Å². The maximum atomic E-state index is 11.7. The summed E-state index contributed by atoms with van der Waals surface area (Å²) in [6, 6.07) is 8.40. The normalized spacial score (nSPS) is 12.1. The number of carbonyl (C=O) groups excluding carboxylic acids is 1. The molecule has 0 spiro atoms. The quantitative estimate of drug-likeness (QED) is 0.539. The number of rotatable bonds is 9. The summed E-state index contributed by atoms with van der Waals surface area (Å²) in [6.45, 7) is 1.85. The predicted molar refractivity (Wildman–Crippen MR) is 71.6 cm³/mol. The second kappa shape index (κ2) is 9.49. The summed E-state index contributed by atoms with van der Waals surface area (Å²) in [5.41, 5.74) is 6.53. The second-order valence-electron chi connectivity index (χ2n) is 4.01.